The van der Waals surface area contributed by atoms with Crippen LogP contribution in [0.25, 0.3) is 123 Å². The number of aromatic amines is 5. The molecule has 2 aliphatic carbocycles. The smallest absolute Gasteiger partial charge is 0.203 e. The Morgan fingerprint density at radius 1 is 0.378 bits per heavy atom. The van der Waals surface area contributed by atoms with E-state index in [4.69, 9.17) is 86.0 Å². The molecule has 37 heteroatoms. The van der Waals surface area contributed by atoms with Gasteiger partial charge in [0.15, 0.2) is 97.2 Å². The lowest BCUT2D eigenvalue weighted by atomic mass is 9.70. The number of methoxy groups -OCH3 is 15. The van der Waals surface area contributed by atoms with E-state index < -0.39 is 6.10 Å². The number of nitrogens with zero attached hydrogens (tertiary/aromatic N) is 13. The number of hydrogen-bond donors (Lipinski definition) is 6. The number of ketones is 1. The van der Waals surface area contributed by atoms with Crippen LogP contribution in [0.1, 0.15) is 100 Å². The SMILES string of the molecule is Brc1cnc2[nH]ccc2n1.COc1cc(-c2cnc3[nH]cc(C(=O)C4(C)CCCCC4)c3n2)cc(OC)c1OC.COc1cc(-c2cnc3[nH]cc(C(O)C4(C)CCCCC4)c3n2)cc(OC)c1OC.COc1cc(-c2cnc3[nH]ccc3n2)cc(OC)c1OC.COc1cc(-c2cnc3[nH]ccc3n2)cc(OC)c1OC.COc1cc(-c2cnc3c(n2)c(I)cn3C)cc(OC)c1OC. The van der Waals surface area contributed by atoms with E-state index in [1.54, 1.807) is 150 Å². The molecule has 1 unspecified atom stereocenters. The molecule has 0 bridgehead atoms. The molecule has 17 aromatic rings. The molecule has 1 atom stereocenters. The maximum absolute atomic E-state index is 13.4. The molecule has 0 spiro atoms. The fourth-order valence-corrected chi connectivity index (χ4v) is 17.6. The van der Waals surface area contributed by atoms with Gasteiger partial charge in [-0.3, -0.25) is 4.79 Å². The molecule has 12 aromatic heterocycles. The van der Waals surface area contributed by atoms with Gasteiger partial charge in [-0.2, -0.15) is 0 Å². The number of aryl methyl sites for hydroxylation is 1. The van der Waals surface area contributed by atoms with Gasteiger partial charge in [-0.05, 0) is 148 Å². The second-order valence-corrected chi connectivity index (χ2v) is 33.8. The summed E-state index contributed by atoms with van der Waals surface area (Å²) in [6, 6.07) is 24.1. The van der Waals surface area contributed by atoms with Gasteiger partial charge in [-0.25, -0.2) is 59.8 Å². The number of fused-ring (bicyclic) bond motifs is 6. The number of benzene rings is 5. The zero-order chi connectivity index (χ0) is 95.8. The summed E-state index contributed by atoms with van der Waals surface area (Å²) in [6.07, 6.45) is 31.4. The van der Waals surface area contributed by atoms with Gasteiger partial charge >= 0.3 is 0 Å². The third kappa shape index (κ3) is 20.9. The van der Waals surface area contributed by atoms with Crippen molar-refractivity contribution in [2.24, 2.45) is 17.9 Å². The number of aliphatic hydroxyl groups excluding tert-OH is 1. The van der Waals surface area contributed by atoms with E-state index in [0.29, 0.717) is 126 Å². The summed E-state index contributed by atoms with van der Waals surface area (Å²) in [4.78, 5) is 82.6. The van der Waals surface area contributed by atoms with Crippen molar-refractivity contribution >= 4 is 111 Å². The first-order valence-electron chi connectivity index (χ1n) is 43.0. The molecule has 0 saturated heterocycles. The third-order valence-electron chi connectivity index (χ3n) is 23.7. The molecule has 2 aliphatic rings. The summed E-state index contributed by atoms with van der Waals surface area (Å²) in [5, 5.41) is 11.2. The first kappa shape index (κ1) is 96.7. The van der Waals surface area contributed by atoms with E-state index in [2.05, 4.69) is 122 Å². The van der Waals surface area contributed by atoms with Crippen LogP contribution in [0.3, 0.4) is 0 Å². The number of ether oxygens (including phenoxy) is 15. The van der Waals surface area contributed by atoms with Gasteiger partial charge in [0.1, 0.15) is 37.7 Å². The summed E-state index contributed by atoms with van der Waals surface area (Å²) in [5.74, 6) is 8.56. The first-order chi connectivity index (χ1) is 65.5. The number of rotatable bonds is 24. The molecule has 0 aliphatic heterocycles. The minimum absolute atomic E-state index is 0.141. The largest absolute Gasteiger partial charge is 0.493 e. The fourth-order valence-electron chi connectivity index (χ4n) is 16.5. The average Bonchev–Trinajstić information content (AvgIpc) is 1.65. The molecule has 704 valence electrons. The second-order valence-electron chi connectivity index (χ2n) is 31.8. The predicted molar refractivity (Wildman–Crippen MR) is 526 cm³/mol. The fraction of sp³-hybridized carbons (Fsp3) is 0.316. The Balaban J connectivity index is 0.000000133. The van der Waals surface area contributed by atoms with Gasteiger partial charge in [0.05, 0.1) is 188 Å². The molecule has 135 heavy (non-hydrogen) atoms. The Labute approximate surface area is 800 Å². The van der Waals surface area contributed by atoms with Crippen molar-refractivity contribution in [3.63, 3.8) is 0 Å². The molecule has 5 aromatic carbocycles. The van der Waals surface area contributed by atoms with Crippen molar-refractivity contribution in [1.82, 2.24) is 89.3 Å². The van der Waals surface area contributed by atoms with E-state index >= 15 is 0 Å². The Kier molecular flexibility index (Phi) is 31.2. The number of aliphatic hydroxyl groups is 1. The Morgan fingerprint density at radius 3 is 1.04 bits per heavy atom. The number of halogens is 2. The highest BCUT2D eigenvalue weighted by Gasteiger charge is 2.39. The van der Waals surface area contributed by atoms with Gasteiger partial charge in [-0.1, -0.05) is 52.4 Å². The van der Waals surface area contributed by atoms with Crippen molar-refractivity contribution < 1.29 is 81.0 Å². The molecule has 35 nitrogen and oxygen atoms in total. The zero-order valence-electron chi connectivity index (χ0n) is 78.1. The number of hydrogen-bond acceptors (Lipinski definition) is 29. The maximum atomic E-state index is 13.4. The second kappa shape index (κ2) is 43.6. The van der Waals surface area contributed by atoms with Gasteiger partial charge < -0.3 is 106 Å². The molecule has 19 rings (SSSR count). The maximum Gasteiger partial charge on any atom is 0.203 e. The number of Topliss-reactive ketones (excluding diaryl/α,β-unsaturated/α-hetero) is 1. The van der Waals surface area contributed by atoms with Crippen LogP contribution in [0.4, 0.5) is 0 Å². The summed E-state index contributed by atoms with van der Waals surface area (Å²) < 4.78 is 84.6. The van der Waals surface area contributed by atoms with Crippen LogP contribution >= 0.6 is 38.5 Å². The van der Waals surface area contributed by atoms with Gasteiger partial charge in [0.2, 0.25) is 28.7 Å². The predicted octanol–water partition coefficient (Wildman–Crippen LogP) is 19.7. The number of aromatic nitrogens is 18. The molecule has 0 amide bonds. The van der Waals surface area contributed by atoms with Gasteiger partial charge in [-0.15, -0.1) is 0 Å². The Morgan fingerprint density at radius 2 is 0.681 bits per heavy atom. The highest BCUT2D eigenvalue weighted by molar-refractivity contribution is 14.1. The standard InChI is InChI=1S/C23H29N3O4.C23H27N3O4.C16H16IN3O3.2C15H15N3O3.C6H4BrN3/c2*1-23(8-6-5-7-9-23)21(27)15-12-24-22-19(15)26-16(13-25-22)14-10-17(28-2)20(30-4)18(11-14)29-3;1-20-8-10(17)14-16(20)18-7-11(19-14)9-5-12(21-2)15(23-4)13(6-9)22-3;2*1-19-12-6-9(7-13(20-2)14(12)21-3)11-8-17-15-10(18-11)4-5-16-15;7-5-3-9-6-4(10-5)1-2-8-6/h10-13,21,27H,5-9H2,1-4H3,(H,24,25);10-13H,5-9H2,1-4H3,(H,24,25);5-8H,1-4H3;2*4-8H,1-3H3,(H,16,17);1-3H,(H,8,9). The molecular weight excluding hydrogens is 1910 g/mol. The topological polar surface area (TPSA) is 414 Å². The highest BCUT2D eigenvalue weighted by Crippen LogP contribution is 2.50. The van der Waals surface area contributed by atoms with Crippen LogP contribution in [-0.4, -0.2) is 207 Å². The minimum atomic E-state index is -0.587. The van der Waals surface area contributed by atoms with Crippen molar-refractivity contribution in [3.8, 4) is 143 Å². The van der Waals surface area contributed by atoms with Crippen LogP contribution in [0.15, 0.2) is 158 Å². The molecule has 12 heterocycles. The first-order valence-corrected chi connectivity index (χ1v) is 44.8. The molecule has 6 N–H and O–H groups in total. The number of nitrogens with one attached hydrogen (secondary N) is 5. The minimum Gasteiger partial charge on any atom is -0.493 e. The highest BCUT2D eigenvalue weighted by atomic mass is 127. The quantitative estimate of drug-likeness (QED) is 0.0242. The zero-order valence-corrected chi connectivity index (χ0v) is 81.9. The third-order valence-corrected chi connectivity index (χ3v) is 24.8. The van der Waals surface area contributed by atoms with E-state index in [1.165, 1.54) is 12.8 Å². The van der Waals surface area contributed by atoms with Crippen molar-refractivity contribution in [2.75, 3.05) is 107 Å². The van der Waals surface area contributed by atoms with Crippen LogP contribution in [0.2, 0.25) is 0 Å². The van der Waals surface area contributed by atoms with E-state index in [1.807, 2.05) is 121 Å². The van der Waals surface area contributed by atoms with E-state index in [0.717, 1.165) is 155 Å². The molecular formula is C98H106BrIN18O17. The van der Waals surface area contributed by atoms with Crippen LogP contribution in [0, 0.1) is 14.4 Å². The number of H-pyrrole nitrogens is 5. The normalized spacial score (nSPS) is 13.2. The Hall–Kier alpha value is -14.3. The summed E-state index contributed by atoms with van der Waals surface area (Å²) >= 11 is 5.49. The lowest BCUT2D eigenvalue weighted by Gasteiger charge is -2.37. The average molecular weight is 2010 g/mol. The van der Waals surface area contributed by atoms with Crippen LogP contribution < -0.4 is 71.1 Å². The molecule has 2 fully saturated rings. The summed E-state index contributed by atoms with van der Waals surface area (Å²) in [7, 11) is 25.7. The summed E-state index contributed by atoms with van der Waals surface area (Å²) in [5.41, 5.74) is 17.7. The van der Waals surface area contributed by atoms with Crippen LogP contribution in [0.5, 0.6) is 86.2 Å². The van der Waals surface area contributed by atoms with Gasteiger partial charge in [0.25, 0.3) is 0 Å². The van der Waals surface area contributed by atoms with Gasteiger partial charge in [0, 0.05) is 83.0 Å². The number of carbonyl (C=O) groups is 1. The molecule has 2 saturated carbocycles. The lowest BCUT2D eigenvalue weighted by molar-refractivity contribution is 0.00908. The summed E-state index contributed by atoms with van der Waals surface area (Å²) in [6.45, 7) is 4.25. The van der Waals surface area contributed by atoms with Crippen molar-refractivity contribution in [1.29, 1.82) is 0 Å². The number of carbonyl (C=O) groups excluding carboxylic acids is 1. The van der Waals surface area contributed by atoms with Crippen molar-refractivity contribution in [2.45, 2.75) is 84.2 Å². The van der Waals surface area contributed by atoms with Crippen LogP contribution in [-0.2, 0) is 7.05 Å². The Bertz CT molecular complexity index is 6770. The van der Waals surface area contributed by atoms with E-state index in [-0.39, 0.29) is 16.6 Å². The lowest BCUT2D eigenvalue weighted by Crippen LogP contribution is -2.30. The molecule has 0 radical (unpaired) electrons. The van der Waals surface area contributed by atoms with E-state index in [9.17, 15) is 9.90 Å². The monoisotopic (exact) mass is 2010 g/mol. The van der Waals surface area contributed by atoms with Crippen molar-refractivity contribution in [3.05, 3.63) is 173 Å².